The summed E-state index contributed by atoms with van der Waals surface area (Å²) >= 11 is 6.63. The third kappa shape index (κ3) is 3.30. The normalized spacial score (nSPS) is 21.4. The second-order valence-electron chi connectivity index (χ2n) is 5.06. The molecule has 0 saturated carbocycles. The van der Waals surface area contributed by atoms with Gasteiger partial charge in [-0.3, -0.25) is 0 Å². The van der Waals surface area contributed by atoms with Gasteiger partial charge in [-0.2, -0.15) is 13.2 Å². The van der Waals surface area contributed by atoms with Crippen molar-refractivity contribution in [2.24, 2.45) is 0 Å². The number of nitrogens with zero attached hydrogens (tertiary/aromatic N) is 1. The molecule has 0 radical (unpaired) electrons. The molecule has 8 heteroatoms. The van der Waals surface area contributed by atoms with Crippen LogP contribution in [-0.4, -0.2) is 35.9 Å². The Kier molecular flexibility index (Phi) is 5.20. The van der Waals surface area contributed by atoms with E-state index in [0.29, 0.717) is 11.8 Å². The minimum Gasteiger partial charge on any atom is -0.323 e. The SMILES string of the molecule is C=CCSC1(C(F)(F)F)CN(CC)C(=O)Nc2ccc(Cl)cc21. The maximum atomic E-state index is 14.1. The number of hydrogen-bond donors (Lipinski definition) is 1. The molecule has 1 aliphatic heterocycles. The molecule has 126 valence electrons. The molecule has 1 aromatic rings. The number of rotatable bonds is 4. The van der Waals surface area contributed by atoms with Gasteiger partial charge in [0.2, 0.25) is 0 Å². The minimum atomic E-state index is -4.57. The fourth-order valence-corrected chi connectivity index (χ4v) is 3.79. The zero-order valence-electron chi connectivity index (χ0n) is 12.4. The third-order valence-corrected chi connectivity index (χ3v) is 5.36. The van der Waals surface area contributed by atoms with Gasteiger partial charge in [0.15, 0.2) is 4.75 Å². The Bertz CT molecular complexity index is 623. The van der Waals surface area contributed by atoms with E-state index in [1.807, 2.05) is 0 Å². The lowest BCUT2D eigenvalue weighted by atomic mass is 9.95. The van der Waals surface area contributed by atoms with E-state index in [1.54, 1.807) is 6.92 Å². The van der Waals surface area contributed by atoms with Crippen molar-refractivity contribution in [3.8, 4) is 0 Å². The molecule has 23 heavy (non-hydrogen) atoms. The van der Waals surface area contributed by atoms with Gasteiger partial charge in [-0.1, -0.05) is 17.7 Å². The Morgan fingerprint density at radius 1 is 1.52 bits per heavy atom. The minimum absolute atomic E-state index is 0.0337. The number of anilines is 1. The van der Waals surface area contributed by atoms with Crippen LogP contribution in [0.4, 0.5) is 23.7 Å². The van der Waals surface area contributed by atoms with E-state index in [2.05, 4.69) is 11.9 Å². The molecular weight excluding hydrogens is 349 g/mol. The van der Waals surface area contributed by atoms with Gasteiger partial charge in [-0.25, -0.2) is 4.79 Å². The van der Waals surface area contributed by atoms with Gasteiger partial charge in [-0.05, 0) is 25.1 Å². The number of halogens is 4. The predicted molar refractivity (Wildman–Crippen MR) is 88.1 cm³/mol. The molecule has 1 unspecified atom stereocenters. The van der Waals surface area contributed by atoms with Crippen molar-refractivity contribution in [3.05, 3.63) is 41.4 Å². The smallest absolute Gasteiger partial charge is 0.323 e. The van der Waals surface area contributed by atoms with Crippen LogP contribution in [0.15, 0.2) is 30.9 Å². The Hall–Kier alpha value is -1.34. The standard InChI is InChI=1S/C15H16ClF3N2OS/c1-3-7-23-14(15(17,18)19)9-21(4-2)13(22)20-12-6-5-10(16)8-11(12)14/h3,5-6,8H,1,4,7,9H2,2H3,(H,20,22). The summed E-state index contributed by atoms with van der Waals surface area (Å²) in [4.78, 5) is 13.3. The highest BCUT2D eigenvalue weighted by atomic mass is 35.5. The lowest BCUT2D eigenvalue weighted by Gasteiger charge is -2.37. The topological polar surface area (TPSA) is 32.3 Å². The number of thioether (sulfide) groups is 1. The quantitative estimate of drug-likeness (QED) is 0.772. The average molecular weight is 365 g/mol. The molecular formula is C15H16ClF3N2OS. The summed E-state index contributed by atoms with van der Waals surface area (Å²) in [6, 6.07) is 3.59. The monoisotopic (exact) mass is 364 g/mol. The Balaban J connectivity index is 2.71. The average Bonchev–Trinajstić information content (AvgIpc) is 2.59. The van der Waals surface area contributed by atoms with Gasteiger partial charge in [-0.15, -0.1) is 18.3 Å². The second kappa shape index (κ2) is 6.65. The molecule has 1 atom stereocenters. The summed E-state index contributed by atoms with van der Waals surface area (Å²) in [6.45, 7) is 4.82. The maximum absolute atomic E-state index is 14.1. The highest BCUT2D eigenvalue weighted by molar-refractivity contribution is 8.00. The fourth-order valence-electron chi connectivity index (χ4n) is 2.48. The highest BCUT2D eigenvalue weighted by Crippen LogP contribution is 2.53. The zero-order valence-corrected chi connectivity index (χ0v) is 14.0. The van der Waals surface area contributed by atoms with E-state index in [0.717, 1.165) is 4.90 Å². The number of hydrogen-bond acceptors (Lipinski definition) is 2. The highest BCUT2D eigenvalue weighted by Gasteiger charge is 2.59. The first-order valence-corrected chi connectivity index (χ1v) is 8.29. The van der Waals surface area contributed by atoms with Gasteiger partial charge in [0.1, 0.15) is 0 Å². The molecule has 1 aliphatic rings. The Labute approximate surface area is 141 Å². The molecule has 0 spiro atoms. The van der Waals surface area contributed by atoms with Crippen molar-refractivity contribution in [1.82, 2.24) is 4.90 Å². The van der Waals surface area contributed by atoms with E-state index in [1.165, 1.54) is 24.3 Å². The molecule has 0 saturated heterocycles. The van der Waals surface area contributed by atoms with Gasteiger partial charge in [0.25, 0.3) is 0 Å². The van der Waals surface area contributed by atoms with Crippen molar-refractivity contribution in [2.45, 2.75) is 17.8 Å². The van der Waals surface area contributed by atoms with Crippen LogP contribution in [0.3, 0.4) is 0 Å². The summed E-state index contributed by atoms with van der Waals surface area (Å²) in [5.41, 5.74) is 0.0953. The molecule has 0 bridgehead atoms. The molecule has 0 aromatic heterocycles. The number of likely N-dealkylation sites (N-methyl/N-ethyl adjacent to an activating group) is 1. The summed E-state index contributed by atoms with van der Waals surface area (Å²) in [5, 5.41) is 2.73. The van der Waals surface area contributed by atoms with Crippen molar-refractivity contribution in [1.29, 1.82) is 0 Å². The molecule has 2 rings (SSSR count). The van der Waals surface area contributed by atoms with Crippen LogP contribution in [0.2, 0.25) is 5.02 Å². The summed E-state index contributed by atoms with van der Waals surface area (Å²) in [6.07, 6.45) is -3.15. The van der Waals surface area contributed by atoms with Crippen molar-refractivity contribution >= 4 is 35.1 Å². The molecule has 2 amide bonds. The largest absolute Gasteiger partial charge is 0.409 e. The molecule has 0 fully saturated rings. The molecule has 1 heterocycles. The molecule has 3 nitrogen and oxygen atoms in total. The van der Waals surface area contributed by atoms with Crippen LogP contribution >= 0.6 is 23.4 Å². The van der Waals surface area contributed by atoms with Gasteiger partial charge >= 0.3 is 12.2 Å². The lowest BCUT2D eigenvalue weighted by Crippen LogP contribution is -2.49. The second-order valence-corrected chi connectivity index (χ2v) is 6.81. The number of carbonyl (C=O) groups is 1. The number of alkyl halides is 3. The number of amides is 2. The predicted octanol–water partition coefficient (Wildman–Crippen LogP) is 4.88. The molecule has 1 N–H and O–H groups in total. The molecule has 0 aliphatic carbocycles. The number of carbonyl (C=O) groups excluding carboxylic acids is 1. The van der Waals surface area contributed by atoms with Gasteiger partial charge in [0.05, 0.1) is 6.54 Å². The van der Waals surface area contributed by atoms with Gasteiger partial charge < -0.3 is 10.2 Å². The first kappa shape index (κ1) is 18.0. The first-order chi connectivity index (χ1) is 10.7. The van der Waals surface area contributed by atoms with Crippen molar-refractivity contribution < 1.29 is 18.0 Å². The third-order valence-electron chi connectivity index (χ3n) is 3.65. The van der Waals surface area contributed by atoms with E-state index < -0.39 is 23.5 Å². The van der Waals surface area contributed by atoms with Crippen LogP contribution in [0.25, 0.3) is 0 Å². The number of benzene rings is 1. The van der Waals surface area contributed by atoms with E-state index in [4.69, 9.17) is 11.6 Å². The number of nitrogens with one attached hydrogen (secondary N) is 1. The number of fused-ring (bicyclic) bond motifs is 1. The van der Waals surface area contributed by atoms with Crippen LogP contribution in [-0.2, 0) is 4.75 Å². The zero-order chi connectivity index (χ0) is 17.3. The van der Waals surface area contributed by atoms with Crippen LogP contribution < -0.4 is 5.32 Å². The van der Waals surface area contributed by atoms with Crippen molar-refractivity contribution in [3.63, 3.8) is 0 Å². The van der Waals surface area contributed by atoms with Crippen LogP contribution in [0.1, 0.15) is 12.5 Å². The van der Waals surface area contributed by atoms with E-state index in [9.17, 15) is 18.0 Å². The van der Waals surface area contributed by atoms with Crippen LogP contribution in [0, 0.1) is 0 Å². The Morgan fingerprint density at radius 2 is 2.22 bits per heavy atom. The molecule has 1 aromatic carbocycles. The lowest BCUT2D eigenvalue weighted by molar-refractivity contribution is -0.164. The van der Waals surface area contributed by atoms with E-state index >= 15 is 0 Å². The van der Waals surface area contributed by atoms with Crippen molar-refractivity contribution in [2.75, 3.05) is 24.2 Å². The first-order valence-electron chi connectivity index (χ1n) is 6.92. The Morgan fingerprint density at radius 3 is 2.78 bits per heavy atom. The number of urea groups is 1. The summed E-state index contributed by atoms with van der Waals surface area (Å²) < 4.78 is 40.0. The van der Waals surface area contributed by atoms with Gasteiger partial charge in [0, 0.05) is 28.6 Å². The van der Waals surface area contributed by atoms with Crippen LogP contribution in [0.5, 0.6) is 0 Å². The summed E-state index contributed by atoms with van der Waals surface area (Å²) in [7, 11) is 0. The summed E-state index contributed by atoms with van der Waals surface area (Å²) in [5.74, 6) is 0.0945. The van der Waals surface area contributed by atoms with E-state index in [-0.39, 0.29) is 28.6 Å². The maximum Gasteiger partial charge on any atom is 0.409 e. The fraction of sp³-hybridized carbons (Fsp3) is 0.400.